The Kier molecular flexibility index (Phi) is 4.69. The number of hydrogen-bond acceptors (Lipinski definition) is 4. The highest BCUT2D eigenvalue weighted by atomic mass is 32.1. The van der Waals surface area contributed by atoms with Gasteiger partial charge >= 0.3 is 0 Å². The molecule has 0 bridgehead atoms. The van der Waals surface area contributed by atoms with Crippen molar-refractivity contribution in [2.24, 2.45) is 5.92 Å². The maximum absolute atomic E-state index is 12.4. The van der Waals surface area contributed by atoms with Crippen molar-refractivity contribution in [3.8, 4) is 0 Å². The monoisotopic (exact) mass is 334 g/mol. The van der Waals surface area contributed by atoms with Crippen molar-refractivity contribution in [2.45, 2.75) is 56.5 Å². The van der Waals surface area contributed by atoms with Gasteiger partial charge in [-0.25, -0.2) is 0 Å². The van der Waals surface area contributed by atoms with Crippen LogP contribution in [0.5, 0.6) is 0 Å². The van der Waals surface area contributed by atoms with Crippen LogP contribution in [-0.4, -0.2) is 37.7 Å². The topological polar surface area (TPSA) is 50.4 Å². The second-order valence-electron chi connectivity index (χ2n) is 7.25. The molecule has 5 heteroatoms. The van der Waals surface area contributed by atoms with E-state index in [1.807, 2.05) is 5.38 Å². The second kappa shape index (κ2) is 6.91. The second-order valence-corrected chi connectivity index (χ2v) is 8.19. The van der Waals surface area contributed by atoms with E-state index in [1.165, 1.54) is 37.1 Å². The summed E-state index contributed by atoms with van der Waals surface area (Å²) in [5.74, 6) is 1.63. The third-order valence-electron chi connectivity index (χ3n) is 5.49. The Morgan fingerprint density at radius 1 is 1.26 bits per heavy atom. The molecule has 2 atom stereocenters. The lowest BCUT2D eigenvalue weighted by Gasteiger charge is -2.25. The fraction of sp³-hybridized carbons (Fsp3) is 0.722. The molecule has 0 radical (unpaired) electrons. The summed E-state index contributed by atoms with van der Waals surface area (Å²) in [5, 5.41) is 8.87. The molecule has 1 aromatic heterocycles. The van der Waals surface area contributed by atoms with E-state index in [-0.39, 0.29) is 11.9 Å². The van der Waals surface area contributed by atoms with Crippen LogP contribution in [0.25, 0.3) is 0 Å². The van der Waals surface area contributed by atoms with Gasteiger partial charge in [0.05, 0.1) is 5.56 Å². The molecule has 3 fully saturated rings. The third kappa shape index (κ3) is 3.78. The molecule has 1 amide bonds. The number of thiophene rings is 1. The molecule has 2 aliphatic carbocycles. The Hall–Kier alpha value is -0.910. The quantitative estimate of drug-likeness (QED) is 0.841. The number of nitrogens with one attached hydrogen (secondary N) is 2. The van der Waals surface area contributed by atoms with Crippen molar-refractivity contribution in [1.29, 1.82) is 0 Å². The Morgan fingerprint density at radius 3 is 2.83 bits per heavy atom. The summed E-state index contributed by atoms with van der Waals surface area (Å²) in [6.07, 6.45) is 7.31. The molecule has 1 aliphatic heterocycles. The zero-order valence-electron chi connectivity index (χ0n) is 13.6. The normalized spacial score (nSPS) is 28.3. The van der Waals surface area contributed by atoms with Crippen molar-refractivity contribution in [1.82, 2.24) is 10.6 Å². The van der Waals surface area contributed by atoms with Crippen molar-refractivity contribution < 1.29 is 9.53 Å². The van der Waals surface area contributed by atoms with Crippen LogP contribution < -0.4 is 10.6 Å². The van der Waals surface area contributed by atoms with Crippen molar-refractivity contribution in [3.63, 3.8) is 0 Å². The molecule has 1 aromatic rings. The van der Waals surface area contributed by atoms with Gasteiger partial charge in [0.2, 0.25) is 0 Å². The summed E-state index contributed by atoms with van der Waals surface area (Å²) in [6.45, 7) is 2.70. The molecule has 3 aliphatic rings. The molecular weight excluding hydrogens is 308 g/mol. The van der Waals surface area contributed by atoms with E-state index >= 15 is 0 Å². The highest BCUT2D eigenvalue weighted by molar-refractivity contribution is 7.10. The van der Waals surface area contributed by atoms with Gasteiger partial charge in [0.1, 0.15) is 0 Å². The minimum absolute atomic E-state index is 0.0824. The van der Waals surface area contributed by atoms with Crippen LogP contribution in [0.1, 0.15) is 59.7 Å². The molecular formula is C18H26N2O2S. The van der Waals surface area contributed by atoms with Crippen molar-refractivity contribution >= 4 is 17.2 Å². The van der Waals surface area contributed by atoms with Gasteiger partial charge in [-0.1, -0.05) is 6.42 Å². The number of carbonyl (C=O) groups is 1. The van der Waals surface area contributed by atoms with Gasteiger partial charge in [-0.15, -0.1) is 11.3 Å². The molecule has 2 N–H and O–H groups in total. The van der Waals surface area contributed by atoms with Crippen LogP contribution in [0.15, 0.2) is 11.4 Å². The molecule has 0 aromatic carbocycles. The van der Waals surface area contributed by atoms with Crippen molar-refractivity contribution in [3.05, 3.63) is 21.9 Å². The van der Waals surface area contributed by atoms with Crippen LogP contribution >= 0.6 is 11.3 Å². The smallest absolute Gasteiger partial charge is 0.252 e. The predicted molar refractivity (Wildman–Crippen MR) is 92.1 cm³/mol. The molecule has 126 valence electrons. The summed E-state index contributed by atoms with van der Waals surface area (Å²) in [4.78, 5) is 13.7. The number of ether oxygens (including phenoxy) is 1. The summed E-state index contributed by atoms with van der Waals surface area (Å²) in [5.41, 5.74) is 0.834. The van der Waals surface area contributed by atoms with Gasteiger partial charge in [0, 0.05) is 41.5 Å². The average Bonchev–Trinajstić information content (AvgIpc) is 3.11. The average molecular weight is 334 g/mol. The molecule has 4 rings (SSSR count). The lowest BCUT2D eigenvalue weighted by atomic mass is 9.85. The number of amides is 1. The minimum atomic E-state index is 0.0824. The highest BCUT2D eigenvalue weighted by Gasteiger charge is 2.39. The van der Waals surface area contributed by atoms with E-state index < -0.39 is 0 Å². The van der Waals surface area contributed by atoms with Crippen LogP contribution in [0, 0.1) is 5.92 Å². The molecule has 1 saturated heterocycles. The number of carbonyl (C=O) groups excluding carboxylic acids is 1. The zero-order valence-corrected chi connectivity index (χ0v) is 14.4. The first-order valence-corrected chi connectivity index (χ1v) is 9.88. The van der Waals surface area contributed by atoms with E-state index in [4.69, 9.17) is 4.74 Å². The van der Waals surface area contributed by atoms with Crippen LogP contribution in [-0.2, 0) is 4.74 Å². The van der Waals surface area contributed by atoms with Gasteiger partial charge in [0.15, 0.2) is 0 Å². The van der Waals surface area contributed by atoms with Crippen molar-refractivity contribution in [2.75, 3.05) is 19.8 Å². The summed E-state index contributed by atoms with van der Waals surface area (Å²) >= 11 is 1.74. The first kappa shape index (κ1) is 15.6. The highest BCUT2D eigenvalue weighted by Crippen LogP contribution is 2.44. The Balaban J connectivity index is 1.26. The number of hydrogen-bond donors (Lipinski definition) is 2. The fourth-order valence-corrected chi connectivity index (χ4v) is 4.60. The standard InChI is InChI=1S/C18H26N2O2S/c21-18(20-14-4-6-22-7-5-14)13-8-17(23-11-13)15-9-16(15)19-10-12-2-1-3-12/h8,11-12,14-16,19H,1-7,9-10H2,(H,20,21)/t15-,16?/m1/s1. The van der Waals surface area contributed by atoms with Gasteiger partial charge in [-0.3, -0.25) is 4.79 Å². The maximum atomic E-state index is 12.4. The predicted octanol–water partition coefficient (Wildman–Crippen LogP) is 2.90. The summed E-state index contributed by atoms with van der Waals surface area (Å²) in [6, 6.07) is 3.02. The van der Waals surface area contributed by atoms with E-state index in [9.17, 15) is 4.79 Å². The van der Waals surface area contributed by atoms with E-state index in [0.29, 0.717) is 12.0 Å². The molecule has 2 heterocycles. The maximum Gasteiger partial charge on any atom is 0.252 e. The van der Waals surface area contributed by atoms with Gasteiger partial charge in [-0.2, -0.15) is 0 Å². The van der Waals surface area contributed by atoms with Gasteiger partial charge in [-0.05, 0) is 50.6 Å². The van der Waals surface area contributed by atoms with Crippen LogP contribution in [0.2, 0.25) is 0 Å². The van der Waals surface area contributed by atoms with Gasteiger partial charge < -0.3 is 15.4 Å². The van der Waals surface area contributed by atoms with Crippen LogP contribution in [0.4, 0.5) is 0 Å². The molecule has 0 spiro atoms. The summed E-state index contributed by atoms with van der Waals surface area (Å²) in [7, 11) is 0. The molecule has 2 saturated carbocycles. The number of rotatable bonds is 6. The molecule has 4 nitrogen and oxygen atoms in total. The Labute approximate surface area is 142 Å². The van der Waals surface area contributed by atoms with E-state index in [0.717, 1.165) is 37.5 Å². The molecule has 1 unspecified atom stereocenters. The largest absolute Gasteiger partial charge is 0.381 e. The fourth-order valence-electron chi connectivity index (χ4n) is 3.53. The lowest BCUT2D eigenvalue weighted by Crippen LogP contribution is -2.38. The molecule has 23 heavy (non-hydrogen) atoms. The summed E-state index contributed by atoms with van der Waals surface area (Å²) < 4.78 is 5.34. The zero-order chi connectivity index (χ0) is 15.6. The van der Waals surface area contributed by atoms with Crippen LogP contribution in [0.3, 0.4) is 0 Å². The lowest BCUT2D eigenvalue weighted by molar-refractivity contribution is 0.0696. The van der Waals surface area contributed by atoms with E-state index in [2.05, 4.69) is 16.7 Å². The minimum Gasteiger partial charge on any atom is -0.381 e. The Morgan fingerprint density at radius 2 is 2.09 bits per heavy atom. The third-order valence-corrected chi connectivity index (χ3v) is 6.55. The first-order valence-electron chi connectivity index (χ1n) is 9.00. The SMILES string of the molecule is O=C(NC1CCOCC1)c1csc([C@@H]2CC2NCC2CCC2)c1. The van der Waals surface area contributed by atoms with Gasteiger partial charge in [0.25, 0.3) is 5.91 Å². The van der Waals surface area contributed by atoms with E-state index in [1.54, 1.807) is 11.3 Å². The Bertz CT molecular complexity index is 549. The first-order chi connectivity index (χ1) is 11.3.